The van der Waals surface area contributed by atoms with Crippen LogP contribution in [-0.4, -0.2) is 31.2 Å². The minimum Gasteiger partial charge on any atom is -0.355 e. The molecule has 1 atom stereocenters. The number of carbonyl (C=O) groups excluding carboxylic acids is 1. The van der Waals surface area contributed by atoms with E-state index in [2.05, 4.69) is 12.2 Å². The lowest BCUT2D eigenvalue weighted by Gasteiger charge is -2.11. The first kappa shape index (κ1) is 20.4. The predicted octanol–water partition coefficient (Wildman–Crippen LogP) is 3.16. The van der Waals surface area contributed by atoms with Crippen LogP contribution in [0.1, 0.15) is 71.6 Å². The highest BCUT2D eigenvalue weighted by molar-refractivity contribution is 7.85. The number of amides is 1. The number of nitrogens with one attached hydrogen (secondary N) is 1. The molecule has 0 aliphatic rings. The maximum atomic E-state index is 11.7. The standard InChI is InChI=1S/C15H31NO4S/c1-3-4-5-6-7-8-9-10-11-14(2)15(17)16-12-13-21(18,19)20/h14H,3-13H2,1-2H3,(H,16,17)(H,18,19,20). The molecule has 6 heteroatoms. The van der Waals surface area contributed by atoms with Gasteiger partial charge in [0.1, 0.15) is 0 Å². The average Bonchev–Trinajstić information content (AvgIpc) is 2.40. The van der Waals surface area contributed by atoms with E-state index in [9.17, 15) is 13.2 Å². The van der Waals surface area contributed by atoms with E-state index < -0.39 is 15.9 Å². The first-order chi connectivity index (χ1) is 9.87. The van der Waals surface area contributed by atoms with E-state index in [4.69, 9.17) is 4.55 Å². The lowest BCUT2D eigenvalue weighted by Crippen LogP contribution is -2.33. The monoisotopic (exact) mass is 321 g/mol. The summed E-state index contributed by atoms with van der Waals surface area (Å²) in [7, 11) is -3.99. The fraction of sp³-hybridized carbons (Fsp3) is 0.933. The third-order valence-corrected chi connectivity index (χ3v) is 4.32. The van der Waals surface area contributed by atoms with Gasteiger partial charge in [0.2, 0.25) is 5.91 Å². The van der Waals surface area contributed by atoms with Gasteiger partial charge < -0.3 is 5.32 Å². The number of carbonyl (C=O) groups is 1. The van der Waals surface area contributed by atoms with Gasteiger partial charge in [-0.05, 0) is 6.42 Å². The third kappa shape index (κ3) is 14.1. The minimum absolute atomic E-state index is 0.0283. The Morgan fingerprint density at radius 3 is 2.10 bits per heavy atom. The summed E-state index contributed by atoms with van der Waals surface area (Å²) in [4.78, 5) is 11.7. The highest BCUT2D eigenvalue weighted by Crippen LogP contribution is 2.13. The number of rotatable bonds is 13. The maximum Gasteiger partial charge on any atom is 0.266 e. The van der Waals surface area contributed by atoms with Crippen LogP contribution in [0, 0.1) is 5.92 Å². The van der Waals surface area contributed by atoms with Crippen molar-refractivity contribution in [1.29, 1.82) is 0 Å². The molecule has 0 radical (unpaired) electrons. The minimum atomic E-state index is -3.99. The summed E-state index contributed by atoms with van der Waals surface area (Å²) < 4.78 is 29.6. The average molecular weight is 321 g/mol. The first-order valence-electron chi connectivity index (χ1n) is 8.09. The van der Waals surface area contributed by atoms with Crippen molar-refractivity contribution in [2.24, 2.45) is 5.92 Å². The van der Waals surface area contributed by atoms with Crippen molar-refractivity contribution in [3.8, 4) is 0 Å². The SMILES string of the molecule is CCCCCCCCCCC(C)C(=O)NCCS(=O)(=O)O. The Bertz CT molecular complexity index is 368. The topological polar surface area (TPSA) is 83.5 Å². The Morgan fingerprint density at radius 2 is 1.57 bits per heavy atom. The summed E-state index contributed by atoms with van der Waals surface area (Å²) in [6.07, 6.45) is 10.7. The molecule has 0 aromatic heterocycles. The van der Waals surface area contributed by atoms with Crippen LogP contribution >= 0.6 is 0 Å². The molecule has 5 nitrogen and oxygen atoms in total. The van der Waals surface area contributed by atoms with Crippen molar-refractivity contribution in [2.45, 2.75) is 71.6 Å². The highest BCUT2D eigenvalue weighted by Gasteiger charge is 2.13. The molecular formula is C15H31NO4S. The maximum absolute atomic E-state index is 11.7. The van der Waals surface area contributed by atoms with Crippen molar-refractivity contribution in [3.05, 3.63) is 0 Å². The predicted molar refractivity (Wildman–Crippen MR) is 85.8 cm³/mol. The van der Waals surface area contributed by atoms with Crippen molar-refractivity contribution >= 4 is 16.0 Å². The molecule has 1 amide bonds. The molecule has 126 valence electrons. The smallest absolute Gasteiger partial charge is 0.266 e. The lowest BCUT2D eigenvalue weighted by molar-refractivity contribution is -0.124. The molecule has 0 spiro atoms. The zero-order valence-electron chi connectivity index (χ0n) is 13.4. The normalized spacial score (nSPS) is 13.1. The summed E-state index contributed by atoms with van der Waals surface area (Å²) in [5, 5.41) is 2.54. The third-order valence-electron chi connectivity index (χ3n) is 3.60. The van der Waals surface area contributed by atoms with Crippen molar-refractivity contribution in [3.63, 3.8) is 0 Å². The Kier molecular flexibility index (Phi) is 11.6. The van der Waals surface area contributed by atoms with Gasteiger partial charge in [-0.3, -0.25) is 9.35 Å². The molecule has 0 bridgehead atoms. The van der Waals surface area contributed by atoms with Crippen molar-refractivity contribution < 1.29 is 17.8 Å². The Balaban J connectivity index is 3.51. The van der Waals surface area contributed by atoms with E-state index in [1.54, 1.807) is 0 Å². The van der Waals surface area contributed by atoms with Gasteiger partial charge >= 0.3 is 0 Å². The number of hydrogen-bond donors (Lipinski definition) is 2. The first-order valence-corrected chi connectivity index (χ1v) is 9.70. The summed E-state index contributed by atoms with van der Waals surface area (Å²) >= 11 is 0. The lowest BCUT2D eigenvalue weighted by atomic mass is 10.0. The largest absolute Gasteiger partial charge is 0.355 e. The van der Waals surface area contributed by atoms with Gasteiger partial charge in [0, 0.05) is 12.5 Å². The molecule has 2 N–H and O–H groups in total. The molecule has 0 saturated heterocycles. The molecule has 0 heterocycles. The van der Waals surface area contributed by atoms with E-state index >= 15 is 0 Å². The van der Waals surface area contributed by atoms with Crippen LogP contribution in [0.25, 0.3) is 0 Å². The Morgan fingerprint density at radius 1 is 1.05 bits per heavy atom. The second-order valence-electron chi connectivity index (χ2n) is 5.74. The van der Waals surface area contributed by atoms with E-state index in [1.165, 1.54) is 38.5 Å². The summed E-state index contributed by atoms with van der Waals surface area (Å²) in [6, 6.07) is 0. The van der Waals surface area contributed by atoms with Gasteiger partial charge in [-0.15, -0.1) is 0 Å². The van der Waals surface area contributed by atoms with Crippen LogP contribution in [-0.2, 0) is 14.9 Å². The molecule has 0 aromatic rings. The van der Waals surface area contributed by atoms with Crippen LogP contribution in [0.2, 0.25) is 0 Å². The summed E-state index contributed by atoms with van der Waals surface area (Å²) in [5.74, 6) is -0.670. The second-order valence-corrected chi connectivity index (χ2v) is 7.31. The van der Waals surface area contributed by atoms with Gasteiger partial charge in [-0.25, -0.2) is 0 Å². The van der Waals surface area contributed by atoms with Gasteiger partial charge in [0.25, 0.3) is 10.1 Å². The molecule has 0 saturated carbocycles. The van der Waals surface area contributed by atoms with E-state index in [0.717, 1.165) is 19.3 Å². The molecule has 0 aliphatic heterocycles. The molecular weight excluding hydrogens is 290 g/mol. The van der Waals surface area contributed by atoms with Crippen LogP contribution in [0.15, 0.2) is 0 Å². The van der Waals surface area contributed by atoms with Crippen LogP contribution in [0.3, 0.4) is 0 Å². The van der Waals surface area contributed by atoms with Crippen LogP contribution < -0.4 is 5.32 Å². The van der Waals surface area contributed by atoms with Gasteiger partial charge in [-0.1, -0.05) is 65.2 Å². The van der Waals surface area contributed by atoms with Gasteiger partial charge in [0.15, 0.2) is 0 Å². The van der Waals surface area contributed by atoms with Crippen molar-refractivity contribution in [1.82, 2.24) is 5.32 Å². The fourth-order valence-electron chi connectivity index (χ4n) is 2.19. The number of hydrogen-bond acceptors (Lipinski definition) is 3. The zero-order valence-corrected chi connectivity index (χ0v) is 14.3. The van der Waals surface area contributed by atoms with Crippen molar-refractivity contribution in [2.75, 3.05) is 12.3 Å². The highest BCUT2D eigenvalue weighted by atomic mass is 32.2. The molecule has 0 rings (SSSR count). The quantitative estimate of drug-likeness (QED) is 0.403. The molecule has 0 aliphatic carbocycles. The summed E-state index contributed by atoms with van der Waals surface area (Å²) in [6.45, 7) is 4.03. The fourth-order valence-corrected chi connectivity index (χ4v) is 2.55. The van der Waals surface area contributed by atoms with Crippen LogP contribution in [0.4, 0.5) is 0 Å². The zero-order chi connectivity index (χ0) is 16.1. The van der Waals surface area contributed by atoms with E-state index in [1.807, 2.05) is 6.92 Å². The molecule has 1 unspecified atom stereocenters. The number of unbranched alkanes of at least 4 members (excludes halogenated alkanes) is 7. The van der Waals surface area contributed by atoms with Gasteiger partial charge in [-0.2, -0.15) is 8.42 Å². The Hall–Kier alpha value is -0.620. The molecule has 0 fully saturated rings. The van der Waals surface area contributed by atoms with Crippen LogP contribution in [0.5, 0.6) is 0 Å². The van der Waals surface area contributed by atoms with E-state index in [0.29, 0.717) is 0 Å². The second kappa shape index (κ2) is 12.0. The molecule has 0 aromatic carbocycles. The van der Waals surface area contributed by atoms with E-state index in [-0.39, 0.29) is 18.4 Å². The molecule has 21 heavy (non-hydrogen) atoms. The summed E-state index contributed by atoms with van der Waals surface area (Å²) in [5.41, 5.74) is 0. The van der Waals surface area contributed by atoms with Gasteiger partial charge in [0.05, 0.1) is 5.75 Å². The Labute approximate surface area is 129 Å².